The smallest absolute Gasteiger partial charge is 0.243 e. The molecule has 0 radical (unpaired) electrons. The molecule has 1 heterocycles. The van der Waals surface area contributed by atoms with E-state index in [1.54, 1.807) is 0 Å². The molecule has 0 saturated heterocycles. The fourth-order valence-corrected chi connectivity index (χ4v) is 5.30. The van der Waals surface area contributed by atoms with E-state index in [1.165, 1.54) is 24.8 Å². The number of carbonyl (C=O) groups excluding carboxylic acids is 1. The quantitative estimate of drug-likeness (QED) is 0.290. The van der Waals surface area contributed by atoms with Crippen molar-refractivity contribution in [3.05, 3.63) is 88.9 Å². The Morgan fingerprint density at radius 1 is 0.939 bits per heavy atom. The lowest BCUT2D eigenvalue weighted by Gasteiger charge is -2.35. The molecule has 5 heteroatoms. The fraction of sp³-hybridized carbons (Fsp3) is 0.286. The predicted octanol–water partition coefficient (Wildman–Crippen LogP) is 6.83. The second-order valence-electron chi connectivity index (χ2n) is 8.82. The Hall–Kier alpha value is -2.92. The van der Waals surface area contributed by atoms with E-state index in [-0.39, 0.29) is 12.5 Å². The maximum atomic E-state index is 13.9. The molecule has 1 aliphatic carbocycles. The average Bonchev–Trinajstić information content (AvgIpc) is 3.22. The fourth-order valence-electron chi connectivity index (χ4n) is 4.90. The summed E-state index contributed by atoms with van der Waals surface area (Å²) in [5.74, 6) is 0.985. The van der Waals surface area contributed by atoms with Crippen LogP contribution in [-0.4, -0.2) is 26.4 Å². The van der Waals surface area contributed by atoms with Crippen LogP contribution < -0.4 is 0 Å². The van der Waals surface area contributed by atoms with Gasteiger partial charge in [0.2, 0.25) is 5.91 Å². The number of para-hydroxylation sites is 2. The lowest BCUT2D eigenvalue weighted by molar-refractivity contribution is -0.135. The zero-order chi connectivity index (χ0) is 22.6. The van der Waals surface area contributed by atoms with Crippen molar-refractivity contribution in [1.29, 1.82) is 0 Å². The molecule has 168 valence electrons. The normalized spacial score (nSPS) is 14.5. The van der Waals surface area contributed by atoms with Crippen LogP contribution in [0.5, 0.6) is 0 Å². The predicted molar refractivity (Wildman–Crippen MR) is 137 cm³/mol. The highest BCUT2D eigenvalue weighted by atomic mass is 79.9. The Balaban J connectivity index is 1.51. The van der Waals surface area contributed by atoms with Gasteiger partial charge in [-0.1, -0.05) is 89.8 Å². The molecule has 0 atom stereocenters. The lowest BCUT2D eigenvalue weighted by Crippen LogP contribution is -2.42. The van der Waals surface area contributed by atoms with Crippen LogP contribution in [0.4, 0.5) is 0 Å². The summed E-state index contributed by atoms with van der Waals surface area (Å²) < 4.78 is 3.08. The molecule has 4 aromatic rings. The van der Waals surface area contributed by atoms with Gasteiger partial charge in [0.05, 0.1) is 11.0 Å². The van der Waals surface area contributed by atoms with Gasteiger partial charge in [0.15, 0.2) is 0 Å². The molecular weight excluding hydrogens is 474 g/mol. The van der Waals surface area contributed by atoms with Gasteiger partial charge >= 0.3 is 0 Å². The lowest BCUT2D eigenvalue weighted by atomic mass is 9.93. The molecule has 1 saturated carbocycles. The van der Waals surface area contributed by atoms with Gasteiger partial charge in [-0.3, -0.25) is 4.79 Å². The van der Waals surface area contributed by atoms with Crippen LogP contribution in [-0.2, 0) is 17.9 Å². The van der Waals surface area contributed by atoms with Crippen LogP contribution in [0.25, 0.3) is 22.4 Å². The van der Waals surface area contributed by atoms with Crippen molar-refractivity contribution in [3.8, 4) is 11.4 Å². The third-order valence-corrected chi connectivity index (χ3v) is 7.06. The molecule has 1 amide bonds. The minimum absolute atomic E-state index is 0.158. The molecule has 0 unspecified atom stereocenters. The van der Waals surface area contributed by atoms with Crippen LogP contribution in [0.2, 0.25) is 0 Å². The van der Waals surface area contributed by atoms with Crippen LogP contribution >= 0.6 is 15.9 Å². The molecule has 1 aromatic heterocycles. The third kappa shape index (κ3) is 4.88. The van der Waals surface area contributed by atoms with Crippen molar-refractivity contribution in [2.24, 2.45) is 0 Å². The van der Waals surface area contributed by atoms with Crippen molar-refractivity contribution in [2.75, 3.05) is 0 Å². The van der Waals surface area contributed by atoms with Gasteiger partial charge in [-0.2, -0.15) is 0 Å². The van der Waals surface area contributed by atoms with Gasteiger partial charge in [-0.05, 0) is 42.7 Å². The molecule has 1 aliphatic rings. The van der Waals surface area contributed by atoms with Crippen LogP contribution in [0.1, 0.15) is 37.7 Å². The minimum atomic E-state index is 0.158. The van der Waals surface area contributed by atoms with E-state index in [4.69, 9.17) is 4.98 Å². The van der Waals surface area contributed by atoms with Crippen molar-refractivity contribution in [3.63, 3.8) is 0 Å². The number of amides is 1. The molecule has 4 nitrogen and oxygen atoms in total. The first kappa shape index (κ1) is 21.9. The molecule has 0 bridgehead atoms. The first-order valence-corrected chi connectivity index (χ1v) is 12.5. The number of rotatable bonds is 6. The largest absolute Gasteiger partial charge is 0.334 e. The number of carbonyl (C=O) groups is 1. The third-order valence-electron chi connectivity index (χ3n) is 6.56. The summed E-state index contributed by atoms with van der Waals surface area (Å²) in [6.45, 7) is 0.939. The highest BCUT2D eigenvalue weighted by molar-refractivity contribution is 9.10. The van der Waals surface area contributed by atoms with E-state index in [1.807, 2.05) is 48.5 Å². The summed E-state index contributed by atoms with van der Waals surface area (Å²) in [5.41, 5.74) is 4.08. The van der Waals surface area contributed by atoms with Crippen molar-refractivity contribution < 1.29 is 4.79 Å². The maximum Gasteiger partial charge on any atom is 0.243 e. The van der Waals surface area contributed by atoms with Crippen molar-refractivity contribution in [2.45, 2.75) is 51.2 Å². The first-order valence-electron chi connectivity index (χ1n) is 11.7. The molecular formula is C28H28BrN3O. The van der Waals surface area contributed by atoms with E-state index in [0.717, 1.165) is 39.7 Å². The minimum Gasteiger partial charge on any atom is -0.334 e. The zero-order valence-corrected chi connectivity index (χ0v) is 20.2. The van der Waals surface area contributed by atoms with E-state index in [2.05, 4.69) is 55.7 Å². The van der Waals surface area contributed by atoms with Crippen LogP contribution in [0.15, 0.2) is 83.3 Å². The average molecular weight is 502 g/mol. The summed E-state index contributed by atoms with van der Waals surface area (Å²) >= 11 is 3.58. The zero-order valence-electron chi connectivity index (χ0n) is 18.7. The Morgan fingerprint density at radius 3 is 2.48 bits per heavy atom. The van der Waals surface area contributed by atoms with Crippen molar-refractivity contribution in [1.82, 2.24) is 14.5 Å². The Labute approximate surface area is 203 Å². The molecule has 0 spiro atoms. The van der Waals surface area contributed by atoms with Gasteiger partial charge in [0.25, 0.3) is 0 Å². The SMILES string of the molecule is O=C(Cn1c(-c2cccc(Br)c2)nc2ccccc21)N(Cc1ccccc1)C1CCCCC1. The molecule has 0 aliphatic heterocycles. The van der Waals surface area contributed by atoms with Crippen LogP contribution in [0, 0.1) is 0 Å². The maximum absolute atomic E-state index is 13.9. The number of halogens is 1. The first-order chi connectivity index (χ1) is 16.2. The summed E-state index contributed by atoms with van der Waals surface area (Å²) in [5, 5.41) is 0. The van der Waals surface area contributed by atoms with Gasteiger partial charge in [0.1, 0.15) is 12.4 Å². The number of nitrogens with zero attached hydrogens (tertiary/aromatic N) is 3. The Bertz CT molecular complexity index is 1240. The van der Waals surface area contributed by atoms with E-state index in [0.29, 0.717) is 12.6 Å². The summed E-state index contributed by atoms with van der Waals surface area (Å²) in [6.07, 6.45) is 5.83. The Kier molecular flexibility index (Phi) is 6.58. The molecule has 1 fully saturated rings. The number of imidazole rings is 1. The van der Waals surface area contributed by atoms with E-state index < -0.39 is 0 Å². The molecule has 5 rings (SSSR count). The Morgan fingerprint density at radius 2 is 1.70 bits per heavy atom. The molecule has 33 heavy (non-hydrogen) atoms. The standard InChI is InChI=1S/C28H28BrN3O/c29-23-13-9-12-22(18-23)28-30-25-16-7-8-17-26(25)32(28)20-27(33)31(24-14-5-2-6-15-24)19-21-10-3-1-4-11-21/h1,3-4,7-13,16-18,24H,2,5-6,14-15,19-20H2. The number of benzene rings is 3. The number of hydrogen-bond donors (Lipinski definition) is 0. The number of hydrogen-bond acceptors (Lipinski definition) is 2. The number of fused-ring (bicyclic) bond motifs is 1. The molecule has 0 N–H and O–H groups in total. The summed E-state index contributed by atoms with van der Waals surface area (Å²) in [4.78, 5) is 20.9. The van der Waals surface area contributed by atoms with E-state index >= 15 is 0 Å². The van der Waals surface area contributed by atoms with Gasteiger partial charge in [-0.15, -0.1) is 0 Å². The van der Waals surface area contributed by atoms with Gasteiger partial charge in [0, 0.05) is 22.6 Å². The topological polar surface area (TPSA) is 38.1 Å². The monoisotopic (exact) mass is 501 g/mol. The van der Waals surface area contributed by atoms with Crippen LogP contribution in [0.3, 0.4) is 0 Å². The second kappa shape index (κ2) is 9.92. The molecule has 3 aromatic carbocycles. The summed E-state index contributed by atoms with van der Waals surface area (Å²) in [6, 6.07) is 26.9. The summed E-state index contributed by atoms with van der Waals surface area (Å²) in [7, 11) is 0. The van der Waals surface area contributed by atoms with Gasteiger partial charge < -0.3 is 9.47 Å². The second-order valence-corrected chi connectivity index (χ2v) is 9.74. The highest BCUT2D eigenvalue weighted by Crippen LogP contribution is 2.29. The van der Waals surface area contributed by atoms with Crippen molar-refractivity contribution >= 4 is 32.9 Å². The highest BCUT2D eigenvalue weighted by Gasteiger charge is 2.27. The van der Waals surface area contributed by atoms with Gasteiger partial charge in [-0.25, -0.2) is 4.98 Å². The van der Waals surface area contributed by atoms with E-state index in [9.17, 15) is 4.79 Å². The number of aromatic nitrogens is 2.